The van der Waals surface area contributed by atoms with Gasteiger partial charge in [-0.3, -0.25) is 4.79 Å². The predicted octanol–water partition coefficient (Wildman–Crippen LogP) is 6.13. The van der Waals surface area contributed by atoms with Gasteiger partial charge in [0.15, 0.2) is 0 Å². The summed E-state index contributed by atoms with van der Waals surface area (Å²) in [5, 5.41) is 16.1. The quantitative estimate of drug-likeness (QED) is 0.323. The predicted molar refractivity (Wildman–Crippen MR) is 137 cm³/mol. The van der Waals surface area contributed by atoms with E-state index >= 15 is 0 Å². The van der Waals surface area contributed by atoms with E-state index in [4.69, 9.17) is 4.74 Å². The third-order valence-corrected chi connectivity index (χ3v) is 7.91. The van der Waals surface area contributed by atoms with E-state index in [1.807, 2.05) is 23.6 Å². The number of fused-ring (bicyclic) bond motifs is 3. The molecule has 6 nitrogen and oxygen atoms in total. The maximum Gasteiger partial charge on any atom is 0.404 e. The van der Waals surface area contributed by atoms with Crippen molar-refractivity contribution in [3.63, 3.8) is 0 Å². The SMILES string of the molecule is COc1ccc2[nH]c(=O)c3sccc3c2c1-c1ccc(C2(C(NC(=O)O)C(C)(C)C)CC2)cc1. The molecule has 1 fully saturated rings. The van der Waals surface area contributed by atoms with E-state index in [2.05, 4.69) is 55.3 Å². The van der Waals surface area contributed by atoms with E-state index in [-0.39, 0.29) is 22.4 Å². The minimum Gasteiger partial charge on any atom is -0.496 e. The van der Waals surface area contributed by atoms with Crippen molar-refractivity contribution in [1.82, 2.24) is 10.3 Å². The molecule has 0 radical (unpaired) electrons. The Hall–Kier alpha value is -3.32. The van der Waals surface area contributed by atoms with E-state index in [0.717, 1.165) is 51.6 Å². The summed E-state index contributed by atoms with van der Waals surface area (Å²) in [5.41, 5.74) is 3.32. The molecule has 1 aliphatic carbocycles. The summed E-state index contributed by atoms with van der Waals surface area (Å²) in [5.74, 6) is 0.737. The third-order valence-electron chi connectivity index (χ3n) is 7.00. The first-order valence-electron chi connectivity index (χ1n) is 11.4. The first-order valence-corrected chi connectivity index (χ1v) is 12.2. The Kier molecular flexibility index (Phi) is 5.20. The zero-order chi connectivity index (χ0) is 24.3. The molecule has 3 N–H and O–H groups in total. The summed E-state index contributed by atoms with van der Waals surface area (Å²) in [4.78, 5) is 27.1. The van der Waals surface area contributed by atoms with Crippen LogP contribution in [-0.2, 0) is 5.41 Å². The Morgan fingerprint density at radius 1 is 1.15 bits per heavy atom. The Morgan fingerprint density at radius 3 is 2.44 bits per heavy atom. The van der Waals surface area contributed by atoms with Crippen molar-refractivity contribution in [3.05, 3.63) is 63.8 Å². The second-order valence-electron chi connectivity index (χ2n) is 10.2. The van der Waals surface area contributed by atoms with Crippen LogP contribution >= 0.6 is 11.3 Å². The molecule has 0 saturated heterocycles. The van der Waals surface area contributed by atoms with Crippen molar-refractivity contribution < 1.29 is 14.6 Å². The number of carboxylic acid groups (broad SMARTS) is 1. The van der Waals surface area contributed by atoms with Crippen LogP contribution in [0.2, 0.25) is 0 Å². The Morgan fingerprint density at radius 2 is 1.85 bits per heavy atom. The molecule has 1 saturated carbocycles. The summed E-state index contributed by atoms with van der Waals surface area (Å²) in [6.45, 7) is 6.24. The van der Waals surface area contributed by atoms with Crippen molar-refractivity contribution in [1.29, 1.82) is 0 Å². The lowest BCUT2D eigenvalue weighted by Crippen LogP contribution is -2.51. The van der Waals surface area contributed by atoms with E-state index in [9.17, 15) is 14.7 Å². The molecule has 2 aromatic heterocycles. The van der Waals surface area contributed by atoms with E-state index < -0.39 is 6.09 Å². The number of carbonyl (C=O) groups is 1. The van der Waals surface area contributed by atoms with Crippen LogP contribution in [0.4, 0.5) is 4.79 Å². The lowest BCUT2D eigenvalue weighted by atomic mass is 9.73. The van der Waals surface area contributed by atoms with Gasteiger partial charge in [-0.1, -0.05) is 45.0 Å². The fraction of sp³-hybridized carbons (Fsp3) is 0.333. The molecule has 1 atom stereocenters. The molecular weight excluding hydrogens is 448 g/mol. The second kappa shape index (κ2) is 7.87. The van der Waals surface area contributed by atoms with Crippen LogP contribution in [0.1, 0.15) is 39.2 Å². The van der Waals surface area contributed by atoms with Crippen LogP contribution < -0.4 is 15.6 Å². The number of ether oxygens (including phenoxy) is 1. The molecule has 0 bridgehead atoms. The highest BCUT2D eigenvalue weighted by molar-refractivity contribution is 7.17. The van der Waals surface area contributed by atoms with Crippen LogP contribution in [-0.4, -0.2) is 29.3 Å². The second-order valence-corrected chi connectivity index (χ2v) is 11.1. The number of methoxy groups -OCH3 is 1. The standard InChI is InChI=1S/C27H28N2O4S/c1-26(2,3)24(29-25(31)32)27(12-13-27)16-7-5-15(6-8-16)20-19(33-4)10-9-18-21(20)17-11-14-34-22(17)23(30)28-18/h5-11,14,24,29H,12-13H2,1-4H3,(H,28,30)(H,31,32). The van der Waals surface area contributed by atoms with E-state index in [0.29, 0.717) is 4.70 Å². The van der Waals surface area contributed by atoms with Crippen molar-refractivity contribution in [2.24, 2.45) is 5.41 Å². The first-order chi connectivity index (χ1) is 16.2. The molecule has 2 heterocycles. The zero-order valence-corrected chi connectivity index (χ0v) is 20.5. The average Bonchev–Trinajstić information content (AvgIpc) is 3.43. The molecule has 7 heteroatoms. The zero-order valence-electron chi connectivity index (χ0n) is 19.7. The highest BCUT2D eigenvalue weighted by Gasteiger charge is 2.55. The van der Waals surface area contributed by atoms with Crippen LogP contribution in [0.15, 0.2) is 52.6 Å². The normalized spacial score (nSPS) is 15.9. The van der Waals surface area contributed by atoms with Gasteiger partial charge in [0.25, 0.3) is 5.56 Å². The van der Waals surface area contributed by atoms with Gasteiger partial charge in [-0.25, -0.2) is 4.79 Å². The van der Waals surface area contributed by atoms with Gasteiger partial charge in [0.1, 0.15) is 10.4 Å². The fourth-order valence-electron chi connectivity index (χ4n) is 5.44. The molecule has 1 amide bonds. The summed E-state index contributed by atoms with van der Waals surface area (Å²) in [7, 11) is 1.65. The number of aromatic nitrogens is 1. The summed E-state index contributed by atoms with van der Waals surface area (Å²) in [6, 6.07) is 13.9. The lowest BCUT2D eigenvalue weighted by molar-refractivity contribution is 0.162. The van der Waals surface area contributed by atoms with Gasteiger partial charge >= 0.3 is 6.09 Å². The Balaban J connectivity index is 1.65. The first kappa shape index (κ1) is 22.5. The van der Waals surface area contributed by atoms with Gasteiger partial charge in [-0.2, -0.15) is 0 Å². The molecule has 5 rings (SSSR count). The van der Waals surface area contributed by atoms with Gasteiger partial charge in [0, 0.05) is 33.3 Å². The van der Waals surface area contributed by atoms with E-state index in [1.165, 1.54) is 11.3 Å². The summed E-state index contributed by atoms with van der Waals surface area (Å²) in [6.07, 6.45) is 0.906. The molecule has 2 aromatic carbocycles. The lowest BCUT2D eigenvalue weighted by Gasteiger charge is -2.38. The number of H-pyrrole nitrogens is 1. The van der Waals surface area contributed by atoms with Gasteiger partial charge in [-0.15, -0.1) is 11.3 Å². The van der Waals surface area contributed by atoms with Crippen LogP contribution in [0.25, 0.3) is 32.1 Å². The smallest absolute Gasteiger partial charge is 0.404 e. The van der Waals surface area contributed by atoms with Crippen LogP contribution in [0, 0.1) is 5.41 Å². The maximum atomic E-state index is 12.5. The topological polar surface area (TPSA) is 91.4 Å². The number of nitrogens with one attached hydrogen (secondary N) is 2. The number of benzene rings is 2. The van der Waals surface area contributed by atoms with Crippen molar-refractivity contribution in [3.8, 4) is 16.9 Å². The molecule has 0 aliphatic heterocycles. The number of pyridine rings is 1. The number of hydrogen-bond donors (Lipinski definition) is 3. The van der Waals surface area contributed by atoms with Crippen LogP contribution in [0.5, 0.6) is 5.75 Å². The monoisotopic (exact) mass is 476 g/mol. The van der Waals surface area contributed by atoms with Gasteiger partial charge in [0.05, 0.1) is 7.11 Å². The number of thiophene rings is 1. The fourth-order valence-corrected chi connectivity index (χ4v) is 6.24. The highest BCUT2D eigenvalue weighted by atomic mass is 32.1. The largest absolute Gasteiger partial charge is 0.496 e. The molecule has 1 unspecified atom stereocenters. The minimum atomic E-state index is -0.989. The van der Waals surface area contributed by atoms with Gasteiger partial charge in [0.2, 0.25) is 0 Å². The maximum absolute atomic E-state index is 12.5. The van der Waals surface area contributed by atoms with Crippen molar-refractivity contribution in [2.45, 2.75) is 45.1 Å². The van der Waals surface area contributed by atoms with Gasteiger partial charge < -0.3 is 20.1 Å². The third kappa shape index (κ3) is 3.55. The van der Waals surface area contributed by atoms with Crippen molar-refractivity contribution in [2.75, 3.05) is 7.11 Å². The molecule has 1 aliphatic rings. The average molecular weight is 477 g/mol. The molecule has 176 valence electrons. The highest BCUT2D eigenvalue weighted by Crippen LogP contribution is 2.55. The van der Waals surface area contributed by atoms with Crippen LogP contribution in [0.3, 0.4) is 0 Å². The summed E-state index contributed by atoms with van der Waals surface area (Å²) >= 11 is 1.43. The molecule has 34 heavy (non-hydrogen) atoms. The minimum absolute atomic E-state index is 0.0845. The number of hydrogen-bond acceptors (Lipinski definition) is 4. The van der Waals surface area contributed by atoms with Crippen molar-refractivity contribution >= 4 is 38.4 Å². The van der Waals surface area contributed by atoms with Gasteiger partial charge in [-0.05, 0) is 53.0 Å². The van der Waals surface area contributed by atoms with E-state index in [1.54, 1.807) is 7.11 Å². The Labute approximate surface area is 201 Å². The molecule has 0 spiro atoms. The summed E-state index contributed by atoms with van der Waals surface area (Å²) < 4.78 is 6.43. The Bertz CT molecular complexity index is 1460. The number of amides is 1. The number of rotatable bonds is 5. The molecular formula is C27H28N2O4S. The molecule has 4 aromatic rings. The number of aromatic amines is 1.